The van der Waals surface area contributed by atoms with Crippen LogP contribution in [0.15, 0.2) is 47.4 Å². The minimum Gasteiger partial charge on any atom is -0.497 e. The molecule has 13 heteroatoms. The fraction of sp³-hybridized carbons (Fsp3) is 0.440. The van der Waals surface area contributed by atoms with Crippen LogP contribution in [0.3, 0.4) is 0 Å². The van der Waals surface area contributed by atoms with Gasteiger partial charge in [0.15, 0.2) is 11.5 Å². The molecule has 1 aliphatic rings. The normalized spacial score (nSPS) is 13.3. The molecule has 0 unspecified atom stereocenters. The quantitative estimate of drug-likeness (QED) is 0.194. The van der Waals surface area contributed by atoms with Crippen LogP contribution in [-0.2, 0) is 26.1 Å². The van der Waals surface area contributed by atoms with E-state index in [0.29, 0.717) is 22.8 Å². The maximum absolute atomic E-state index is 13.8. The Labute approximate surface area is 221 Å². The predicted octanol–water partition coefficient (Wildman–Crippen LogP) is 2.65. The maximum atomic E-state index is 13.8. The van der Waals surface area contributed by atoms with E-state index in [1.54, 1.807) is 23.7 Å². The topological polar surface area (TPSA) is 153 Å². The Kier molecular flexibility index (Phi) is 10.2. The summed E-state index contributed by atoms with van der Waals surface area (Å²) < 4.78 is 49.5. The van der Waals surface area contributed by atoms with E-state index < -0.39 is 28.1 Å². The number of hydrogen-bond donors (Lipinski definition) is 3. The third-order valence-corrected chi connectivity index (χ3v) is 7.54. The van der Waals surface area contributed by atoms with Gasteiger partial charge in [0.05, 0.1) is 18.6 Å². The van der Waals surface area contributed by atoms with Gasteiger partial charge in [0.2, 0.25) is 16.8 Å². The van der Waals surface area contributed by atoms with Crippen LogP contribution in [-0.4, -0.2) is 63.0 Å². The Hall–Kier alpha value is -3.55. The van der Waals surface area contributed by atoms with E-state index >= 15 is 0 Å². The molecule has 12 nitrogen and oxygen atoms in total. The average Bonchev–Trinajstić information content (AvgIpc) is 3.38. The second kappa shape index (κ2) is 13.3. The SMILES string of the molecule is COc1ccc(S(=O)(=O)N(Cc2ccc3c(c2)OCO3)[C@H](CCCNC(=O)OCC(C)C)C(=O)NO)cc1. The Morgan fingerprint density at radius 2 is 1.82 bits per heavy atom. The molecule has 38 heavy (non-hydrogen) atoms. The molecular weight excluding hydrogens is 518 g/mol. The highest BCUT2D eigenvalue weighted by atomic mass is 32.2. The lowest BCUT2D eigenvalue weighted by atomic mass is 10.1. The van der Waals surface area contributed by atoms with Gasteiger partial charge < -0.3 is 24.3 Å². The number of benzene rings is 2. The highest BCUT2D eigenvalue weighted by Gasteiger charge is 2.36. The Bertz CT molecular complexity index is 1200. The van der Waals surface area contributed by atoms with Crippen molar-refractivity contribution in [3.63, 3.8) is 0 Å². The smallest absolute Gasteiger partial charge is 0.407 e. The van der Waals surface area contributed by atoms with E-state index in [4.69, 9.17) is 18.9 Å². The monoisotopic (exact) mass is 551 g/mol. The first kappa shape index (κ1) is 29.0. The molecule has 0 saturated carbocycles. The second-order valence-corrected chi connectivity index (χ2v) is 10.9. The average molecular weight is 552 g/mol. The number of alkyl carbamates (subject to hydrolysis) is 1. The molecule has 2 aromatic carbocycles. The number of nitrogens with one attached hydrogen (secondary N) is 2. The zero-order valence-electron chi connectivity index (χ0n) is 21.5. The lowest BCUT2D eigenvalue weighted by molar-refractivity contribution is -0.133. The summed E-state index contributed by atoms with van der Waals surface area (Å²) in [5, 5.41) is 12.0. The van der Waals surface area contributed by atoms with Gasteiger partial charge in [0.1, 0.15) is 11.8 Å². The van der Waals surface area contributed by atoms with Crippen molar-refractivity contribution in [2.24, 2.45) is 5.92 Å². The fourth-order valence-corrected chi connectivity index (χ4v) is 5.33. The molecule has 0 aliphatic carbocycles. The number of amides is 2. The van der Waals surface area contributed by atoms with E-state index in [1.165, 1.54) is 31.4 Å². The highest BCUT2D eigenvalue weighted by molar-refractivity contribution is 7.89. The molecule has 1 heterocycles. The first-order valence-corrected chi connectivity index (χ1v) is 13.5. The van der Waals surface area contributed by atoms with Gasteiger partial charge in [-0.15, -0.1) is 0 Å². The first-order chi connectivity index (χ1) is 18.1. The summed E-state index contributed by atoms with van der Waals surface area (Å²) in [5.74, 6) is 0.706. The summed E-state index contributed by atoms with van der Waals surface area (Å²) in [6.45, 7) is 4.05. The Balaban J connectivity index is 1.86. The van der Waals surface area contributed by atoms with Crippen molar-refractivity contribution in [2.45, 2.75) is 44.2 Å². The zero-order chi connectivity index (χ0) is 27.7. The lowest BCUT2D eigenvalue weighted by Crippen LogP contribution is -2.48. The molecule has 0 spiro atoms. The molecule has 1 atom stereocenters. The van der Waals surface area contributed by atoms with E-state index in [0.717, 1.165) is 4.31 Å². The number of rotatable bonds is 13. The van der Waals surface area contributed by atoms with Gasteiger partial charge in [0, 0.05) is 13.1 Å². The van der Waals surface area contributed by atoms with Crippen LogP contribution in [0.25, 0.3) is 0 Å². The summed E-state index contributed by atoms with van der Waals surface area (Å²) in [7, 11) is -2.78. The zero-order valence-corrected chi connectivity index (χ0v) is 22.3. The second-order valence-electron chi connectivity index (χ2n) is 8.97. The van der Waals surface area contributed by atoms with Crippen LogP contribution in [0.5, 0.6) is 17.2 Å². The van der Waals surface area contributed by atoms with Gasteiger partial charge in [-0.05, 0) is 60.7 Å². The van der Waals surface area contributed by atoms with Gasteiger partial charge in [-0.3, -0.25) is 10.0 Å². The summed E-state index contributed by atoms with van der Waals surface area (Å²) in [5.41, 5.74) is 2.11. The number of ether oxygens (including phenoxy) is 4. The molecular formula is C25H33N3O9S. The van der Waals surface area contributed by atoms with Crippen molar-refractivity contribution in [2.75, 3.05) is 27.1 Å². The Morgan fingerprint density at radius 1 is 1.11 bits per heavy atom. The van der Waals surface area contributed by atoms with Gasteiger partial charge in [-0.25, -0.2) is 18.7 Å². The van der Waals surface area contributed by atoms with E-state index in [2.05, 4.69) is 5.32 Å². The van der Waals surface area contributed by atoms with Gasteiger partial charge in [-0.2, -0.15) is 4.31 Å². The van der Waals surface area contributed by atoms with Crippen LogP contribution in [0.2, 0.25) is 0 Å². The molecule has 0 bridgehead atoms. The van der Waals surface area contributed by atoms with Crippen molar-refractivity contribution < 1.29 is 42.2 Å². The number of sulfonamides is 1. The van der Waals surface area contributed by atoms with Crippen molar-refractivity contribution in [1.82, 2.24) is 15.1 Å². The maximum Gasteiger partial charge on any atom is 0.407 e. The molecule has 2 amide bonds. The molecule has 0 aromatic heterocycles. The number of hydrogen-bond acceptors (Lipinski definition) is 9. The van der Waals surface area contributed by atoms with Crippen molar-refractivity contribution in [3.8, 4) is 17.2 Å². The summed E-state index contributed by atoms with van der Waals surface area (Å²) >= 11 is 0. The summed E-state index contributed by atoms with van der Waals surface area (Å²) in [6, 6.07) is 9.42. The minimum atomic E-state index is -4.24. The fourth-order valence-electron chi connectivity index (χ4n) is 3.72. The van der Waals surface area contributed by atoms with E-state index in [-0.39, 0.29) is 50.1 Å². The molecule has 1 aliphatic heterocycles. The van der Waals surface area contributed by atoms with E-state index in [9.17, 15) is 23.2 Å². The molecule has 0 saturated heterocycles. The molecule has 3 N–H and O–H groups in total. The molecule has 208 valence electrons. The standard InChI is InChI=1S/C25H33N3O9S/c1-17(2)15-35-25(30)26-12-4-5-21(24(29)27-31)28(14-18-6-11-22-23(13-18)37-16-36-22)38(32,33)20-9-7-19(34-3)8-10-20/h6-11,13,17,21,31H,4-5,12,14-16H2,1-3H3,(H,26,30)(H,27,29)/t21-/m1/s1. The van der Waals surface area contributed by atoms with Crippen LogP contribution in [0.4, 0.5) is 4.79 Å². The molecule has 3 rings (SSSR count). The van der Waals surface area contributed by atoms with Crippen LogP contribution >= 0.6 is 0 Å². The number of carbonyl (C=O) groups excluding carboxylic acids is 2. The number of carbonyl (C=O) groups is 2. The first-order valence-electron chi connectivity index (χ1n) is 12.0. The third kappa shape index (κ3) is 7.49. The number of hydroxylamine groups is 1. The number of fused-ring (bicyclic) bond motifs is 1. The van der Waals surface area contributed by atoms with Crippen molar-refractivity contribution in [3.05, 3.63) is 48.0 Å². The van der Waals surface area contributed by atoms with Crippen molar-refractivity contribution in [1.29, 1.82) is 0 Å². The molecule has 0 radical (unpaired) electrons. The van der Waals surface area contributed by atoms with Crippen molar-refractivity contribution >= 4 is 22.0 Å². The van der Waals surface area contributed by atoms with Crippen LogP contribution in [0, 0.1) is 5.92 Å². The molecule has 2 aromatic rings. The van der Waals surface area contributed by atoms with Gasteiger partial charge >= 0.3 is 6.09 Å². The number of nitrogens with zero attached hydrogens (tertiary/aromatic N) is 1. The summed E-state index contributed by atoms with van der Waals surface area (Å²) in [4.78, 5) is 24.6. The minimum absolute atomic E-state index is 0.00318. The molecule has 0 fully saturated rings. The number of methoxy groups -OCH3 is 1. The predicted molar refractivity (Wildman–Crippen MR) is 135 cm³/mol. The lowest BCUT2D eigenvalue weighted by Gasteiger charge is -2.30. The highest BCUT2D eigenvalue weighted by Crippen LogP contribution is 2.34. The van der Waals surface area contributed by atoms with Gasteiger partial charge in [-0.1, -0.05) is 19.9 Å². The van der Waals surface area contributed by atoms with Crippen LogP contribution < -0.4 is 25.0 Å². The van der Waals surface area contributed by atoms with E-state index in [1.807, 2.05) is 13.8 Å². The Morgan fingerprint density at radius 3 is 2.47 bits per heavy atom. The largest absolute Gasteiger partial charge is 0.497 e. The van der Waals surface area contributed by atoms with Gasteiger partial charge in [0.25, 0.3) is 5.91 Å². The third-order valence-electron chi connectivity index (χ3n) is 5.67. The van der Waals surface area contributed by atoms with Crippen LogP contribution in [0.1, 0.15) is 32.3 Å². The summed E-state index contributed by atoms with van der Waals surface area (Å²) in [6.07, 6.45) is -0.383.